The number of carbonyl (C=O) groups is 1. The van der Waals surface area contributed by atoms with Gasteiger partial charge in [-0.15, -0.1) is 0 Å². The Morgan fingerprint density at radius 1 is 1.44 bits per heavy atom. The monoisotopic (exact) mass is 243 g/mol. The van der Waals surface area contributed by atoms with Gasteiger partial charge in [0, 0.05) is 18.3 Å². The number of allylic oxidation sites excluding steroid dienone is 4. The number of likely N-dealkylation sites (N-methyl/N-ethyl adjacent to an activating group) is 1. The van der Waals surface area contributed by atoms with Crippen LogP contribution in [0.4, 0.5) is 0 Å². The van der Waals surface area contributed by atoms with Gasteiger partial charge in [0.15, 0.2) is 0 Å². The second kappa shape index (κ2) is 3.59. The zero-order chi connectivity index (χ0) is 13.1. The van der Waals surface area contributed by atoms with Crippen molar-refractivity contribution in [2.45, 2.75) is 40.0 Å². The lowest BCUT2D eigenvalue weighted by molar-refractivity contribution is -0.123. The first-order valence-corrected chi connectivity index (χ1v) is 6.85. The van der Waals surface area contributed by atoms with Crippen molar-refractivity contribution >= 4 is 5.91 Å². The van der Waals surface area contributed by atoms with Crippen molar-refractivity contribution in [1.29, 1.82) is 0 Å². The predicted octanol–water partition coefficient (Wildman–Crippen LogP) is 3.43. The Labute approximate surface area is 109 Å². The van der Waals surface area contributed by atoms with Crippen LogP contribution in [0.1, 0.15) is 40.0 Å². The summed E-state index contributed by atoms with van der Waals surface area (Å²) in [7, 11) is 1.89. The van der Waals surface area contributed by atoms with Gasteiger partial charge in [0.05, 0.1) is 0 Å². The molecule has 0 bridgehead atoms. The molecule has 0 saturated carbocycles. The van der Waals surface area contributed by atoms with Crippen LogP contribution in [0.5, 0.6) is 0 Å². The fraction of sp³-hybridized carbons (Fsp3) is 0.562. The molecule has 2 aliphatic carbocycles. The molecule has 0 N–H and O–H groups in total. The topological polar surface area (TPSA) is 20.3 Å². The van der Waals surface area contributed by atoms with Crippen LogP contribution in [0.15, 0.2) is 34.6 Å². The Morgan fingerprint density at radius 3 is 2.89 bits per heavy atom. The summed E-state index contributed by atoms with van der Waals surface area (Å²) >= 11 is 0. The van der Waals surface area contributed by atoms with Gasteiger partial charge in [-0.1, -0.05) is 19.9 Å². The number of amides is 1. The first-order valence-electron chi connectivity index (χ1n) is 6.85. The van der Waals surface area contributed by atoms with E-state index >= 15 is 0 Å². The molecule has 1 aliphatic heterocycles. The summed E-state index contributed by atoms with van der Waals surface area (Å²) in [6, 6.07) is 0. The lowest BCUT2D eigenvalue weighted by atomic mass is 9.61. The highest BCUT2D eigenvalue weighted by atomic mass is 16.2. The van der Waals surface area contributed by atoms with E-state index in [4.69, 9.17) is 0 Å². The minimum atomic E-state index is 0.173. The fourth-order valence-electron chi connectivity index (χ4n) is 3.63. The van der Waals surface area contributed by atoms with E-state index in [-0.39, 0.29) is 11.3 Å². The Bertz CT molecular complexity index is 523. The maximum Gasteiger partial charge on any atom is 0.254 e. The van der Waals surface area contributed by atoms with E-state index in [1.807, 2.05) is 18.9 Å². The van der Waals surface area contributed by atoms with Crippen molar-refractivity contribution in [3.63, 3.8) is 0 Å². The third-order valence-electron chi connectivity index (χ3n) is 5.30. The van der Waals surface area contributed by atoms with E-state index in [0.29, 0.717) is 5.92 Å². The highest BCUT2D eigenvalue weighted by molar-refractivity contribution is 6.00. The van der Waals surface area contributed by atoms with Gasteiger partial charge >= 0.3 is 0 Å². The van der Waals surface area contributed by atoms with Gasteiger partial charge in [-0.25, -0.2) is 0 Å². The summed E-state index contributed by atoms with van der Waals surface area (Å²) in [5.74, 6) is 0.864. The third kappa shape index (κ3) is 1.32. The molecule has 0 spiro atoms. The van der Waals surface area contributed by atoms with E-state index in [2.05, 4.69) is 26.0 Å². The Kier molecular flexibility index (Phi) is 2.35. The smallest absolute Gasteiger partial charge is 0.254 e. The van der Waals surface area contributed by atoms with Crippen LogP contribution >= 0.6 is 0 Å². The lowest BCUT2D eigenvalue weighted by Crippen LogP contribution is -2.34. The SMILES string of the molecule is CC1=C2CC3(C)C(=CCCC3C)C=C2N(C)C1=O. The van der Waals surface area contributed by atoms with Crippen LogP contribution in [-0.4, -0.2) is 17.9 Å². The van der Waals surface area contributed by atoms with Gasteiger partial charge in [0.2, 0.25) is 0 Å². The molecule has 1 amide bonds. The van der Waals surface area contributed by atoms with Crippen molar-refractivity contribution in [2.24, 2.45) is 11.3 Å². The summed E-state index contributed by atoms with van der Waals surface area (Å²) in [4.78, 5) is 13.9. The number of rotatable bonds is 0. The van der Waals surface area contributed by atoms with Crippen LogP contribution in [0.25, 0.3) is 0 Å². The fourth-order valence-corrected chi connectivity index (χ4v) is 3.63. The van der Waals surface area contributed by atoms with Gasteiger partial charge in [-0.05, 0) is 54.7 Å². The molecule has 2 unspecified atom stereocenters. The van der Waals surface area contributed by atoms with E-state index in [1.165, 1.54) is 24.0 Å². The van der Waals surface area contributed by atoms with Crippen LogP contribution in [0.3, 0.4) is 0 Å². The van der Waals surface area contributed by atoms with Crippen LogP contribution in [0.2, 0.25) is 0 Å². The molecular formula is C16H21NO. The predicted molar refractivity (Wildman–Crippen MR) is 72.8 cm³/mol. The second-order valence-electron chi connectivity index (χ2n) is 6.23. The quantitative estimate of drug-likeness (QED) is 0.638. The molecule has 2 heteroatoms. The van der Waals surface area contributed by atoms with Gasteiger partial charge in [0.25, 0.3) is 5.91 Å². The number of hydrogen-bond donors (Lipinski definition) is 0. The maximum absolute atomic E-state index is 12.1. The molecule has 2 atom stereocenters. The van der Waals surface area contributed by atoms with E-state index in [1.54, 1.807) is 0 Å². The van der Waals surface area contributed by atoms with Crippen molar-refractivity contribution in [2.75, 3.05) is 7.05 Å². The van der Waals surface area contributed by atoms with Crippen molar-refractivity contribution < 1.29 is 4.79 Å². The van der Waals surface area contributed by atoms with E-state index < -0.39 is 0 Å². The van der Waals surface area contributed by atoms with Crippen LogP contribution in [-0.2, 0) is 4.79 Å². The average molecular weight is 243 g/mol. The van der Waals surface area contributed by atoms with Gasteiger partial charge < -0.3 is 4.90 Å². The number of nitrogens with zero attached hydrogens (tertiary/aromatic N) is 1. The summed E-state index contributed by atoms with van der Waals surface area (Å²) < 4.78 is 0. The number of fused-ring (bicyclic) bond motifs is 2. The molecule has 0 aromatic heterocycles. The van der Waals surface area contributed by atoms with Gasteiger partial charge in [-0.2, -0.15) is 0 Å². The van der Waals surface area contributed by atoms with Gasteiger partial charge in [-0.3, -0.25) is 4.79 Å². The largest absolute Gasteiger partial charge is 0.311 e. The highest BCUT2D eigenvalue weighted by Gasteiger charge is 2.44. The Balaban J connectivity index is 2.17. The van der Waals surface area contributed by atoms with Crippen molar-refractivity contribution in [1.82, 2.24) is 4.90 Å². The van der Waals surface area contributed by atoms with E-state index in [0.717, 1.165) is 17.7 Å². The van der Waals surface area contributed by atoms with Crippen molar-refractivity contribution in [3.05, 3.63) is 34.6 Å². The standard InChI is InChI=1S/C16H21NO/c1-10-6-5-7-12-8-14-13(9-16(10,12)3)11(2)15(18)17(14)4/h7-8,10H,5-6,9H2,1-4H3. The lowest BCUT2D eigenvalue weighted by Gasteiger charge is -2.44. The first-order chi connectivity index (χ1) is 8.45. The molecule has 96 valence electrons. The molecule has 3 aliphatic rings. The molecule has 18 heavy (non-hydrogen) atoms. The minimum Gasteiger partial charge on any atom is -0.311 e. The first kappa shape index (κ1) is 11.8. The van der Waals surface area contributed by atoms with Gasteiger partial charge in [0.1, 0.15) is 0 Å². The zero-order valence-electron chi connectivity index (χ0n) is 11.7. The van der Waals surface area contributed by atoms with Crippen LogP contribution < -0.4 is 0 Å². The summed E-state index contributed by atoms with van der Waals surface area (Å²) in [6.07, 6.45) is 8.08. The maximum atomic E-state index is 12.1. The van der Waals surface area contributed by atoms with Crippen LogP contribution in [0, 0.1) is 11.3 Å². The van der Waals surface area contributed by atoms with E-state index in [9.17, 15) is 4.79 Å². The Morgan fingerprint density at radius 2 is 2.17 bits per heavy atom. The summed E-state index contributed by atoms with van der Waals surface area (Å²) in [5, 5.41) is 0. The molecule has 0 aromatic rings. The van der Waals surface area contributed by atoms with Crippen molar-refractivity contribution in [3.8, 4) is 0 Å². The average Bonchev–Trinajstić information content (AvgIpc) is 2.54. The summed E-state index contributed by atoms with van der Waals surface area (Å²) in [6.45, 7) is 6.68. The second-order valence-corrected chi connectivity index (χ2v) is 6.23. The molecule has 0 fully saturated rings. The molecule has 0 saturated heterocycles. The summed E-state index contributed by atoms with van der Waals surface area (Å²) in [5.41, 5.74) is 5.02. The Hall–Kier alpha value is -1.31. The number of hydrogen-bond acceptors (Lipinski definition) is 1. The normalized spacial score (nSPS) is 35.2. The molecule has 0 radical (unpaired) electrons. The molecule has 1 heterocycles. The highest BCUT2D eigenvalue weighted by Crippen LogP contribution is 2.53. The minimum absolute atomic E-state index is 0.173. The molecule has 0 aromatic carbocycles. The number of carbonyl (C=O) groups excluding carboxylic acids is 1. The molecular weight excluding hydrogens is 222 g/mol. The molecule has 2 nitrogen and oxygen atoms in total. The third-order valence-corrected chi connectivity index (χ3v) is 5.30. The zero-order valence-corrected chi connectivity index (χ0v) is 11.7. The molecule has 3 rings (SSSR count).